The van der Waals surface area contributed by atoms with E-state index in [0.717, 1.165) is 112 Å². The lowest BCUT2D eigenvalue weighted by molar-refractivity contribution is 0.243. The first-order chi connectivity index (χ1) is 62.4. The molecule has 16 aromatic rings. The summed E-state index contributed by atoms with van der Waals surface area (Å²) in [5, 5.41) is 49.8. The van der Waals surface area contributed by atoms with Crippen LogP contribution in [0.25, 0.3) is 22.7 Å². The van der Waals surface area contributed by atoms with E-state index in [1.165, 1.54) is 56.1 Å². The second kappa shape index (κ2) is 41.4. The average molecular weight is 1780 g/mol. The van der Waals surface area contributed by atoms with Crippen molar-refractivity contribution < 1.29 is 29.2 Å². The van der Waals surface area contributed by atoms with Crippen molar-refractivity contribution in [1.29, 1.82) is 10.5 Å². The third-order valence-corrected chi connectivity index (χ3v) is 22.8. The Morgan fingerprint density at radius 3 is 1.13 bits per heavy atom. The molecule has 0 bridgehead atoms. The number of aliphatic hydroxyl groups excluding tert-OH is 3. The molecule has 0 aliphatic rings. The molecule has 0 fully saturated rings. The van der Waals surface area contributed by atoms with Gasteiger partial charge in [0.05, 0.1) is 113 Å². The molecule has 0 aliphatic heterocycles. The standard InChI is InChI=1S/C27H26N4O2.C27H26N4O.C25H23ClFN3O3.C25H24ClN3O3/c1-18-4-7-23(8-5-18)26(16-32)31-15-22(13-28)12-24(27(31)33)11-21-6-9-25(19(2)10-21)30-14-20(3)29-17-30;1-18-5-8-24(9-6-18)21(4)31-16-23(14-28)13-25(27(31)32)12-22-7-10-26(19(2)11-22)30-15-20(3)29-17-30;1-15-4-6-20(21(27)8-15)23(13-31)30-12-18(26)10-24(25(30)32)33-19-5-7-22(16(2)9-19)29-11-17(3)28-14-29;1-16-5-4-6-19(9-16)23(14-30)29-13-20(26)11-24(25(29)31)32-21-7-8-22(17(2)10-21)28-12-18(3)27-15-28/h4-10,12,14-15,17,26,32H,11,16H2,1-3H3;5-11,13,15-17,21H,12H2,1-4H3;4-12,14,23,31H,13H2,1-3H3;4-13,15,23,30H,14H2,1-3H3/t26-;21-;2*23-/m0000/s1. The highest BCUT2D eigenvalue weighted by Gasteiger charge is 2.25. The Morgan fingerprint density at radius 2 is 0.746 bits per heavy atom. The van der Waals surface area contributed by atoms with Crippen LogP contribution in [0.2, 0.25) is 10.0 Å². The SMILES string of the molecule is Cc1ccc([C@H](C)n2cc(C#N)cc(Cc3ccc(-n4cnc(C)c4)c(C)c3)c2=O)cc1.Cc1ccc([C@H](CO)n2cc(C#N)cc(Cc3ccc(-n4cnc(C)c4)c(C)c3)c2=O)cc1.Cc1ccc([C@H](CO)n2cc(Cl)cc(Oc3ccc(-n4cnc(C)c4)c(C)c3)c2=O)c(F)c1.Cc1cccc([C@H](CO)n2cc(Cl)cc(Oc3ccc(-n4cnc(C)c4)c(C)c3)c2=O)c1. The summed E-state index contributed by atoms with van der Waals surface area (Å²) in [5.41, 5.74) is 21.5. The highest BCUT2D eigenvalue weighted by atomic mass is 35.5. The average Bonchev–Trinajstić information content (AvgIpc) is 1.04. The minimum Gasteiger partial charge on any atom is -0.451 e. The number of hydrogen-bond donors (Lipinski definition) is 3. The molecule has 0 amide bonds. The van der Waals surface area contributed by atoms with Crippen LogP contribution >= 0.6 is 23.2 Å². The summed E-state index contributed by atoms with van der Waals surface area (Å²) in [7, 11) is 0. The maximum absolute atomic E-state index is 14.6. The summed E-state index contributed by atoms with van der Waals surface area (Å²) in [6.45, 7) is 24.5. The fourth-order valence-corrected chi connectivity index (χ4v) is 16.0. The van der Waals surface area contributed by atoms with Crippen molar-refractivity contribution in [3.05, 3.63) is 443 Å². The van der Waals surface area contributed by atoms with Crippen molar-refractivity contribution in [2.45, 2.75) is 127 Å². The van der Waals surface area contributed by atoms with Crippen molar-refractivity contribution >= 4 is 23.2 Å². The van der Waals surface area contributed by atoms with E-state index in [4.69, 9.17) is 32.7 Å². The molecular formula is C104H99Cl2FN14O9. The largest absolute Gasteiger partial charge is 0.451 e. The van der Waals surface area contributed by atoms with Gasteiger partial charge >= 0.3 is 0 Å². The topological polar surface area (TPSA) is 286 Å². The number of rotatable bonds is 23. The summed E-state index contributed by atoms with van der Waals surface area (Å²) in [6.07, 6.45) is 21.8. The number of nitriles is 2. The molecule has 3 N–H and O–H groups in total. The third-order valence-electron chi connectivity index (χ3n) is 22.4. The summed E-state index contributed by atoms with van der Waals surface area (Å²) >= 11 is 12.6. The quantitative estimate of drug-likeness (QED) is 0.0536. The molecule has 26 heteroatoms. The maximum atomic E-state index is 14.6. The molecule has 660 valence electrons. The molecule has 8 aromatic carbocycles. The van der Waals surface area contributed by atoms with Gasteiger partial charge in [0.15, 0.2) is 11.5 Å². The number of aryl methyl sites for hydroxylation is 12. The lowest BCUT2D eigenvalue weighted by Crippen LogP contribution is -2.30. The van der Waals surface area contributed by atoms with E-state index in [0.29, 0.717) is 51.6 Å². The predicted octanol–water partition coefficient (Wildman–Crippen LogP) is 19.1. The number of ether oxygens (including phenoxy) is 2. The van der Waals surface area contributed by atoms with E-state index in [1.54, 1.807) is 85.5 Å². The van der Waals surface area contributed by atoms with Crippen molar-refractivity contribution in [3.63, 3.8) is 0 Å². The number of imidazole rings is 4. The molecule has 8 aromatic heterocycles. The predicted molar refractivity (Wildman–Crippen MR) is 504 cm³/mol. The minimum atomic E-state index is -0.951. The van der Waals surface area contributed by atoms with Crippen molar-refractivity contribution in [3.8, 4) is 57.9 Å². The molecule has 0 aliphatic carbocycles. The molecule has 0 unspecified atom stereocenters. The van der Waals surface area contributed by atoms with Gasteiger partial charge in [-0.2, -0.15) is 10.5 Å². The smallest absolute Gasteiger partial charge is 0.294 e. The number of aromatic nitrogens is 12. The van der Waals surface area contributed by atoms with Crippen LogP contribution in [-0.2, 0) is 12.8 Å². The fourth-order valence-electron chi connectivity index (χ4n) is 15.6. The summed E-state index contributed by atoms with van der Waals surface area (Å²) in [4.78, 5) is 70.2. The van der Waals surface area contributed by atoms with Gasteiger partial charge in [0.1, 0.15) is 29.5 Å². The first-order valence-corrected chi connectivity index (χ1v) is 42.8. The van der Waals surface area contributed by atoms with Crippen LogP contribution in [0.15, 0.2) is 282 Å². The zero-order valence-electron chi connectivity index (χ0n) is 74.4. The highest BCUT2D eigenvalue weighted by molar-refractivity contribution is 6.30. The van der Waals surface area contributed by atoms with Crippen LogP contribution in [0.3, 0.4) is 0 Å². The monoisotopic (exact) mass is 1780 g/mol. The molecule has 23 nitrogen and oxygen atoms in total. The van der Waals surface area contributed by atoms with Gasteiger partial charge in [-0.15, -0.1) is 0 Å². The Hall–Kier alpha value is -14.6. The van der Waals surface area contributed by atoms with Gasteiger partial charge in [-0.05, 0) is 212 Å². The summed E-state index contributed by atoms with van der Waals surface area (Å²) < 4.78 is 40.0. The minimum absolute atomic E-state index is 0.0286. The fraction of sp³-hybridized carbons (Fsp3) is 0.212. The molecule has 0 radical (unpaired) electrons. The third kappa shape index (κ3) is 22.1. The molecule has 0 saturated heterocycles. The van der Waals surface area contributed by atoms with Gasteiger partial charge in [-0.25, -0.2) is 24.3 Å². The van der Waals surface area contributed by atoms with Gasteiger partial charge in [0, 0.05) is 114 Å². The maximum Gasteiger partial charge on any atom is 0.294 e. The second-order valence-electron chi connectivity index (χ2n) is 32.5. The number of halogens is 3. The Kier molecular flexibility index (Phi) is 29.6. The van der Waals surface area contributed by atoms with Crippen molar-refractivity contribution in [2.75, 3.05) is 19.8 Å². The van der Waals surface area contributed by atoms with Crippen LogP contribution in [0, 0.1) is 112 Å². The van der Waals surface area contributed by atoms with E-state index >= 15 is 0 Å². The van der Waals surface area contributed by atoms with Crippen LogP contribution < -0.4 is 31.7 Å². The van der Waals surface area contributed by atoms with Crippen molar-refractivity contribution in [2.24, 2.45) is 0 Å². The molecule has 0 saturated carbocycles. The molecule has 0 spiro atoms. The Morgan fingerprint density at radius 1 is 0.377 bits per heavy atom. The van der Waals surface area contributed by atoms with Crippen molar-refractivity contribution in [1.82, 2.24) is 56.5 Å². The lowest BCUT2D eigenvalue weighted by Gasteiger charge is -2.20. The Labute approximate surface area is 762 Å². The van der Waals surface area contributed by atoms with Gasteiger partial charge in [-0.3, -0.25) is 19.2 Å². The van der Waals surface area contributed by atoms with Crippen LogP contribution in [0.4, 0.5) is 4.39 Å². The van der Waals surface area contributed by atoms with E-state index < -0.39 is 36.1 Å². The zero-order chi connectivity index (χ0) is 92.9. The van der Waals surface area contributed by atoms with Gasteiger partial charge in [0.2, 0.25) is 0 Å². The first-order valence-electron chi connectivity index (χ1n) is 42.1. The van der Waals surface area contributed by atoms with E-state index in [-0.39, 0.29) is 58.0 Å². The van der Waals surface area contributed by atoms with Crippen LogP contribution in [0.5, 0.6) is 23.0 Å². The second-order valence-corrected chi connectivity index (χ2v) is 33.4. The normalized spacial score (nSPS) is 11.9. The number of benzene rings is 8. The number of nitrogens with zero attached hydrogens (tertiary/aromatic N) is 14. The van der Waals surface area contributed by atoms with Crippen LogP contribution in [0.1, 0.15) is 154 Å². The van der Waals surface area contributed by atoms with Gasteiger partial charge in [0.25, 0.3) is 22.2 Å². The summed E-state index contributed by atoms with van der Waals surface area (Å²) in [6, 6.07) is 59.8. The molecule has 130 heavy (non-hydrogen) atoms. The summed E-state index contributed by atoms with van der Waals surface area (Å²) in [5.74, 6) is 0.517. The first kappa shape index (κ1) is 93.0. The lowest BCUT2D eigenvalue weighted by atomic mass is 10.0. The van der Waals surface area contributed by atoms with Gasteiger partial charge in [-0.1, -0.05) is 149 Å². The van der Waals surface area contributed by atoms with E-state index in [2.05, 4.69) is 51.1 Å². The number of pyridine rings is 4. The van der Waals surface area contributed by atoms with Gasteiger partial charge < -0.3 is 61.3 Å². The Bertz CT molecular complexity index is 7170. The highest BCUT2D eigenvalue weighted by Crippen LogP contribution is 2.33. The number of hydrogen-bond acceptors (Lipinski definition) is 15. The van der Waals surface area contributed by atoms with E-state index in [1.807, 2.05) is 234 Å². The molecule has 4 atom stereocenters. The molecule has 16 rings (SSSR count). The Balaban J connectivity index is 0.000000148. The van der Waals surface area contributed by atoms with E-state index in [9.17, 15) is 49.4 Å². The molecule has 8 heterocycles. The number of aliphatic hydroxyl groups is 3. The zero-order valence-corrected chi connectivity index (χ0v) is 75.9. The molecular weight excluding hydrogens is 1680 g/mol. The van der Waals surface area contributed by atoms with Crippen LogP contribution in [-0.4, -0.2) is 91.6 Å².